The Hall–Kier alpha value is -1.01. The van der Waals surface area contributed by atoms with Gasteiger partial charge >= 0.3 is 0 Å². The topological polar surface area (TPSA) is 60.2 Å². The number of hydrogen-bond acceptors (Lipinski definition) is 3. The van der Waals surface area contributed by atoms with Crippen molar-refractivity contribution < 1.29 is 17.2 Å². The van der Waals surface area contributed by atoms with E-state index in [-0.39, 0.29) is 5.92 Å². The normalized spacial score (nSPS) is 25.4. The quantitative estimate of drug-likeness (QED) is 0.933. The van der Waals surface area contributed by atoms with Gasteiger partial charge in [0, 0.05) is 18.4 Å². The Kier molecular flexibility index (Phi) is 4.44. The maximum absolute atomic E-state index is 13.2. The summed E-state index contributed by atoms with van der Waals surface area (Å²) in [5, 5.41) is -0.397. The van der Waals surface area contributed by atoms with E-state index in [4.69, 9.17) is 5.73 Å². The van der Waals surface area contributed by atoms with Gasteiger partial charge in [-0.05, 0) is 42.9 Å². The molecule has 2 N–H and O–H groups in total. The molecule has 1 fully saturated rings. The predicted octanol–water partition coefficient (Wildman–Crippen LogP) is 2.57. The van der Waals surface area contributed by atoms with E-state index in [9.17, 15) is 17.2 Å². The average Bonchev–Trinajstić information content (AvgIpc) is 2.36. The Balaban J connectivity index is 2.18. The number of rotatable bonds is 3. The van der Waals surface area contributed by atoms with Crippen molar-refractivity contribution in [3.05, 3.63) is 35.4 Å². The number of nitrogens with two attached hydrogens (primary N) is 1. The molecule has 1 saturated carbocycles. The smallest absolute Gasteiger partial charge is 0.150 e. The molecule has 3 unspecified atom stereocenters. The van der Waals surface area contributed by atoms with Crippen molar-refractivity contribution in [2.24, 2.45) is 11.7 Å². The van der Waals surface area contributed by atoms with E-state index in [0.29, 0.717) is 18.4 Å². The van der Waals surface area contributed by atoms with E-state index in [1.54, 1.807) is 0 Å². The number of sulfone groups is 1. The Bertz CT molecular complexity index is 569. The lowest BCUT2D eigenvalue weighted by atomic mass is 9.81. The van der Waals surface area contributed by atoms with Gasteiger partial charge < -0.3 is 5.73 Å². The van der Waals surface area contributed by atoms with Gasteiger partial charge in [-0.1, -0.05) is 6.42 Å². The van der Waals surface area contributed by atoms with Gasteiger partial charge in [0.25, 0.3) is 0 Å². The molecule has 2 rings (SSSR count). The third kappa shape index (κ3) is 3.55. The standard InChI is InChI=1S/C14H19F2NO2S/c1-20(18,19)13-4-2-3-9(7-13)14(17)10-5-11(15)8-12(16)6-10/h5-6,8-9,13-14H,2-4,7,17H2,1H3. The molecule has 1 aliphatic rings. The summed E-state index contributed by atoms with van der Waals surface area (Å²) in [6, 6.07) is 2.70. The third-order valence-electron chi connectivity index (χ3n) is 4.05. The van der Waals surface area contributed by atoms with Gasteiger partial charge in [-0.15, -0.1) is 0 Å². The SMILES string of the molecule is CS(=O)(=O)C1CCCC(C(N)c2cc(F)cc(F)c2)C1. The fourth-order valence-corrected chi connectivity index (χ4v) is 4.13. The minimum absolute atomic E-state index is 0.0651. The van der Waals surface area contributed by atoms with Crippen LogP contribution >= 0.6 is 0 Å². The minimum Gasteiger partial charge on any atom is -0.324 e. The minimum atomic E-state index is -3.09. The van der Waals surface area contributed by atoms with Crippen LogP contribution in [0, 0.1) is 17.6 Å². The summed E-state index contributed by atoms with van der Waals surface area (Å²) in [5.41, 5.74) is 6.48. The number of hydrogen-bond donors (Lipinski definition) is 1. The predicted molar refractivity (Wildman–Crippen MR) is 73.9 cm³/mol. The summed E-state index contributed by atoms with van der Waals surface area (Å²) < 4.78 is 49.7. The van der Waals surface area contributed by atoms with Crippen LogP contribution in [0.5, 0.6) is 0 Å². The highest BCUT2D eigenvalue weighted by atomic mass is 32.2. The van der Waals surface area contributed by atoms with Crippen LogP contribution in [0.2, 0.25) is 0 Å². The van der Waals surface area contributed by atoms with E-state index in [1.165, 1.54) is 18.4 Å². The van der Waals surface area contributed by atoms with Crippen LogP contribution in [0.4, 0.5) is 8.78 Å². The second-order valence-corrected chi connectivity index (χ2v) is 7.93. The Morgan fingerprint density at radius 3 is 2.35 bits per heavy atom. The monoisotopic (exact) mass is 303 g/mol. The number of halogens is 2. The highest BCUT2D eigenvalue weighted by molar-refractivity contribution is 7.91. The van der Waals surface area contributed by atoms with Gasteiger partial charge in [0.1, 0.15) is 21.5 Å². The molecule has 1 aromatic rings. The van der Waals surface area contributed by atoms with E-state index < -0.39 is 32.8 Å². The summed E-state index contributed by atoms with van der Waals surface area (Å²) in [7, 11) is -3.09. The summed E-state index contributed by atoms with van der Waals surface area (Å²) in [6.07, 6.45) is 3.88. The van der Waals surface area contributed by atoms with Gasteiger partial charge in [0.05, 0.1) is 5.25 Å². The van der Waals surface area contributed by atoms with Gasteiger partial charge in [-0.2, -0.15) is 0 Å². The van der Waals surface area contributed by atoms with Crippen LogP contribution in [-0.2, 0) is 9.84 Å². The van der Waals surface area contributed by atoms with Crippen LogP contribution in [0.15, 0.2) is 18.2 Å². The van der Waals surface area contributed by atoms with Crippen molar-refractivity contribution in [1.82, 2.24) is 0 Å². The van der Waals surface area contributed by atoms with Gasteiger partial charge in [-0.3, -0.25) is 0 Å². The highest BCUT2D eigenvalue weighted by Gasteiger charge is 2.32. The summed E-state index contributed by atoms with van der Waals surface area (Å²) in [6.45, 7) is 0. The molecule has 0 spiro atoms. The lowest BCUT2D eigenvalue weighted by Gasteiger charge is -2.32. The lowest BCUT2D eigenvalue weighted by molar-refractivity contribution is 0.308. The van der Waals surface area contributed by atoms with Gasteiger partial charge in [0.2, 0.25) is 0 Å². The maximum Gasteiger partial charge on any atom is 0.150 e. The van der Waals surface area contributed by atoms with E-state index in [1.807, 2.05) is 0 Å². The van der Waals surface area contributed by atoms with Crippen molar-refractivity contribution in [3.63, 3.8) is 0 Å². The first-order chi connectivity index (χ1) is 9.27. The summed E-state index contributed by atoms with van der Waals surface area (Å²) in [4.78, 5) is 0. The number of benzene rings is 1. The molecule has 20 heavy (non-hydrogen) atoms. The van der Waals surface area contributed by atoms with Crippen LogP contribution < -0.4 is 5.73 Å². The molecule has 6 heteroatoms. The molecule has 0 heterocycles. The molecule has 3 atom stereocenters. The van der Waals surface area contributed by atoms with E-state index in [2.05, 4.69) is 0 Å². The molecule has 1 aliphatic carbocycles. The maximum atomic E-state index is 13.2. The van der Waals surface area contributed by atoms with Crippen molar-refractivity contribution in [2.75, 3.05) is 6.26 Å². The fraction of sp³-hybridized carbons (Fsp3) is 0.571. The summed E-state index contributed by atoms with van der Waals surface area (Å²) >= 11 is 0. The van der Waals surface area contributed by atoms with Crippen molar-refractivity contribution in [2.45, 2.75) is 37.0 Å². The Labute approximate surface area is 118 Å². The highest BCUT2D eigenvalue weighted by Crippen LogP contribution is 2.35. The van der Waals surface area contributed by atoms with Crippen LogP contribution in [-0.4, -0.2) is 19.9 Å². The molecule has 0 saturated heterocycles. The summed E-state index contributed by atoms with van der Waals surface area (Å²) in [5.74, 6) is -1.39. The zero-order valence-corrected chi connectivity index (χ0v) is 12.2. The fourth-order valence-electron chi connectivity index (χ4n) is 2.94. The Morgan fingerprint density at radius 1 is 1.20 bits per heavy atom. The van der Waals surface area contributed by atoms with Crippen LogP contribution in [0.25, 0.3) is 0 Å². The van der Waals surface area contributed by atoms with Gasteiger partial charge in [-0.25, -0.2) is 17.2 Å². The molecule has 1 aromatic carbocycles. The zero-order valence-electron chi connectivity index (χ0n) is 11.4. The molecule has 112 valence electrons. The molecule has 0 radical (unpaired) electrons. The van der Waals surface area contributed by atoms with E-state index >= 15 is 0 Å². The van der Waals surface area contributed by atoms with Gasteiger partial charge in [0.15, 0.2) is 0 Å². The molecule has 3 nitrogen and oxygen atoms in total. The third-order valence-corrected chi connectivity index (χ3v) is 5.69. The van der Waals surface area contributed by atoms with Crippen molar-refractivity contribution in [3.8, 4) is 0 Å². The molecular formula is C14H19F2NO2S. The lowest BCUT2D eigenvalue weighted by Crippen LogP contribution is -2.33. The molecule has 0 bridgehead atoms. The first kappa shape index (κ1) is 15.4. The van der Waals surface area contributed by atoms with Crippen LogP contribution in [0.1, 0.15) is 37.3 Å². The average molecular weight is 303 g/mol. The van der Waals surface area contributed by atoms with E-state index in [0.717, 1.165) is 18.9 Å². The first-order valence-electron chi connectivity index (χ1n) is 6.68. The van der Waals surface area contributed by atoms with Crippen molar-refractivity contribution in [1.29, 1.82) is 0 Å². The zero-order chi connectivity index (χ0) is 14.9. The second-order valence-electron chi connectivity index (χ2n) is 5.61. The molecule has 0 aromatic heterocycles. The molecule has 0 aliphatic heterocycles. The van der Waals surface area contributed by atoms with Crippen molar-refractivity contribution >= 4 is 9.84 Å². The molecular weight excluding hydrogens is 284 g/mol. The largest absolute Gasteiger partial charge is 0.324 e. The van der Waals surface area contributed by atoms with Crippen LogP contribution in [0.3, 0.4) is 0 Å². The molecule has 0 amide bonds. The first-order valence-corrected chi connectivity index (χ1v) is 8.63. The Morgan fingerprint density at radius 2 is 1.80 bits per heavy atom. The second kappa shape index (κ2) is 5.77.